The first kappa shape index (κ1) is 31.5. The summed E-state index contributed by atoms with van der Waals surface area (Å²) in [6, 6.07) is 21.9. The van der Waals surface area contributed by atoms with Crippen LogP contribution < -0.4 is 15.5 Å². The van der Waals surface area contributed by atoms with Gasteiger partial charge in [0.1, 0.15) is 0 Å². The van der Waals surface area contributed by atoms with Crippen molar-refractivity contribution < 1.29 is 4.79 Å². The summed E-state index contributed by atoms with van der Waals surface area (Å²) in [5.74, 6) is 0.345. The molecule has 0 aliphatic carbocycles. The van der Waals surface area contributed by atoms with Crippen molar-refractivity contribution in [3.8, 4) is 11.4 Å². The van der Waals surface area contributed by atoms with Gasteiger partial charge in [-0.1, -0.05) is 86.4 Å². The number of halogens is 2. The molecule has 0 bridgehead atoms. The van der Waals surface area contributed by atoms with Gasteiger partial charge in [-0.15, -0.1) is 5.10 Å². The summed E-state index contributed by atoms with van der Waals surface area (Å²) in [5, 5.41) is 22.6. The van der Waals surface area contributed by atoms with E-state index in [2.05, 4.69) is 87.3 Å². The van der Waals surface area contributed by atoms with Gasteiger partial charge in [-0.25, -0.2) is 5.10 Å². The second-order valence-corrected chi connectivity index (χ2v) is 14.6. The number of H-pyrrole nitrogens is 1. The number of carbonyl (C=O) groups excluding carboxylic acids is 1. The van der Waals surface area contributed by atoms with E-state index in [9.17, 15) is 4.79 Å². The van der Waals surface area contributed by atoms with Gasteiger partial charge in [-0.3, -0.25) is 9.69 Å². The topological polar surface area (TPSA) is 102 Å². The van der Waals surface area contributed by atoms with Crippen molar-refractivity contribution >= 4 is 34.8 Å². The summed E-state index contributed by atoms with van der Waals surface area (Å²) < 4.78 is 0. The Morgan fingerprint density at radius 2 is 1.84 bits per heavy atom. The molecule has 9 nitrogen and oxygen atoms in total. The predicted octanol–water partition coefficient (Wildman–Crippen LogP) is 5.63. The van der Waals surface area contributed by atoms with Crippen LogP contribution in [0.4, 0.5) is 5.69 Å². The van der Waals surface area contributed by atoms with Gasteiger partial charge >= 0.3 is 0 Å². The minimum Gasteiger partial charge on any atom is -0.366 e. The molecule has 0 unspecified atom stereocenters. The van der Waals surface area contributed by atoms with E-state index in [4.69, 9.17) is 23.2 Å². The quantitative estimate of drug-likeness (QED) is 0.213. The number of anilines is 1. The lowest BCUT2D eigenvalue weighted by Gasteiger charge is -2.40. The monoisotopic (exact) mass is 646 g/mol. The summed E-state index contributed by atoms with van der Waals surface area (Å²) in [6.45, 7) is 8.58. The smallest absolute Gasteiger partial charge is 0.238 e. The third-order valence-corrected chi connectivity index (χ3v) is 9.58. The number of aromatic nitrogens is 4. The minimum absolute atomic E-state index is 0.0117. The van der Waals surface area contributed by atoms with Gasteiger partial charge in [-0.2, -0.15) is 0 Å². The number of amides is 1. The van der Waals surface area contributed by atoms with E-state index < -0.39 is 11.5 Å². The summed E-state index contributed by atoms with van der Waals surface area (Å²) >= 11 is 13.8. The maximum atomic E-state index is 14.1. The average molecular weight is 648 g/mol. The number of hydrogen-bond donors (Lipinski definition) is 3. The molecule has 4 atom stereocenters. The highest BCUT2D eigenvalue weighted by molar-refractivity contribution is 6.31. The molecule has 11 heteroatoms. The molecular weight excluding hydrogens is 607 g/mol. The van der Waals surface area contributed by atoms with E-state index in [1.54, 1.807) is 0 Å². The van der Waals surface area contributed by atoms with Crippen molar-refractivity contribution in [3.63, 3.8) is 0 Å². The van der Waals surface area contributed by atoms with Crippen LogP contribution in [0, 0.1) is 5.41 Å². The Kier molecular flexibility index (Phi) is 8.65. The number of rotatable bonds is 8. The third-order valence-electron chi connectivity index (χ3n) is 9.00. The number of aromatic amines is 1. The standard InChI is InChI=1S/C34H40Cl2N8O/c1-33(2,3)17-28-34(29(24-8-6-7-9-26(24)36)30(38-28)32(45)37-20-43(4)5)19-44(27-15-14-23(35)16-25(27)34)18-21-10-12-22(13-11-21)31-39-41-42-40-31/h6-16,28-30,38H,17-20H2,1-5H3,(H,37,45)(H,39,40,41,42)/t28-,29-,30+,34-/m0/s1. The Bertz CT molecular complexity index is 1650. The van der Waals surface area contributed by atoms with Crippen LogP contribution in [-0.4, -0.2) is 70.8 Å². The molecule has 1 aromatic heterocycles. The van der Waals surface area contributed by atoms with Gasteiger partial charge in [0.05, 0.1) is 12.7 Å². The zero-order chi connectivity index (χ0) is 31.9. The highest BCUT2D eigenvalue weighted by Gasteiger charge is 2.62. The van der Waals surface area contributed by atoms with Gasteiger partial charge in [-0.05, 0) is 77.3 Å². The summed E-state index contributed by atoms with van der Waals surface area (Å²) in [6.07, 6.45) is 0.852. The number of nitrogens with one attached hydrogen (secondary N) is 3. The second kappa shape index (κ2) is 12.4. The lowest BCUT2D eigenvalue weighted by Crippen LogP contribution is -2.48. The van der Waals surface area contributed by atoms with Crippen LogP contribution in [0.3, 0.4) is 0 Å². The van der Waals surface area contributed by atoms with Crippen molar-refractivity contribution in [3.05, 3.63) is 93.5 Å². The van der Waals surface area contributed by atoms with E-state index in [0.717, 1.165) is 34.4 Å². The van der Waals surface area contributed by atoms with E-state index >= 15 is 0 Å². The molecule has 45 heavy (non-hydrogen) atoms. The zero-order valence-electron chi connectivity index (χ0n) is 26.3. The van der Waals surface area contributed by atoms with Gasteiger partial charge in [0.25, 0.3) is 0 Å². The largest absolute Gasteiger partial charge is 0.366 e. The van der Waals surface area contributed by atoms with Crippen LogP contribution in [0.15, 0.2) is 66.7 Å². The van der Waals surface area contributed by atoms with Crippen LogP contribution in [0.5, 0.6) is 0 Å². The predicted molar refractivity (Wildman–Crippen MR) is 179 cm³/mol. The van der Waals surface area contributed by atoms with Crippen molar-refractivity contribution in [2.75, 3.05) is 32.2 Å². The molecule has 1 saturated heterocycles. The minimum atomic E-state index is -0.501. The molecule has 236 valence electrons. The first-order valence-corrected chi connectivity index (χ1v) is 16.0. The maximum Gasteiger partial charge on any atom is 0.238 e. The van der Waals surface area contributed by atoms with Crippen LogP contribution in [0.25, 0.3) is 11.4 Å². The molecule has 1 spiro atoms. The van der Waals surface area contributed by atoms with Crippen LogP contribution in [0.1, 0.15) is 49.8 Å². The third kappa shape index (κ3) is 6.19. The molecule has 6 rings (SSSR count). The Morgan fingerprint density at radius 1 is 1.09 bits per heavy atom. The van der Waals surface area contributed by atoms with E-state index in [0.29, 0.717) is 35.6 Å². The fourth-order valence-corrected chi connectivity index (χ4v) is 7.63. The number of carbonyl (C=O) groups is 1. The highest BCUT2D eigenvalue weighted by Crippen LogP contribution is 2.58. The molecule has 3 aromatic carbocycles. The van der Waals surface area contributed by atoms with Crippen LogP contribution in [0.2, 0.25) is 10.0 Å². The molecule has 0 radical (unpaired) electrons. The SMILES string of the molecule is CN(C)CNC(=O)[C@@H]1N[C@@H](CC(C)(C)C)[C@@]2(CN(Cc3ccc(-c4nnn[nH]4)cc3)c3ccc(Cl)cc32)[C@H]1c1ccccc1Cl. The first-order chi connectivity index (χ1) is 21.5. The lowest BCUT2D eigenvalue weighted by molar-refractivity contribution is -0.123. The molecule has 3 N–H and O–H groups in total. The molecule has 3 heterocycles. The van der Waals surface area contributed by atoms with E-state index in [-0.39, 0.29) is 23.3 Å². The maximum absolute atomic E-state index is 14.1. The van der Waals surface area contributed by atoms with Crippen molar-refractivity contribution in [1.82, 2.24) is 36.2 Å². The van der Waals surface area contributed by atoms with E-state index in [1.165, 1.54) is 0 Å². The summed E-state index contributed by atoms with van der Waals surface area (Å²) in [5.41, 5.74) is 4.79. The Morgan fingerprint density at radius 3 is 2.51 bits per heavy atom. The zero-order valence-corrected chi connectivity index (χ0v) is 27.8. The number of nitrogens with zero attached hydrogens (tertiary/aromatic N) is 5. The van der Waals surface area contributed by atoms with E-state index in [1.807, 2.05) is 55.4 Å². The van der Waals surface area contributed by atoms with Gasteiger partial charge < -0.3 is 15.5 Å². The van der Waals surface area contributed by atoms with Crippen molar-refractivity contribution in [1.29, 1.82) is 0 Å². The normalized spacial score (nSPS) is 22.8. The summed E-state index contributed by atoms with van der Waals surface area (Å²) in [4.78, 5) is 18.5. The molecule has 2 aliphatic heterocycles. The Labute approximate surface area is 274 Å². The first-order valence-electron chi connectivity index (χ1n) is 15.3. The lowest BCUT2D eigenvalue weighted by atomic mass is 9.63. The second-order valence-electron chi connectivity index (χ2n) is 13.7. The number of tetrazole rings is 1. The summed E-state index contributed by atoms with van der Waals surface area (Å²) in [7, 11) is 3.89. The van der Waals surface area contributed by atoms with Crippen LogP contribution in [-0.2, 0) is 16.8 Å². The Hall–Kier alpha value is -3.50. The number of fused-ring (bicyclic) bond motifs is 2. The van der Waals surface area contributed by atoms with Crippen molar-refractivity contribution in [2.24, 2.45) is 5.41 Å². The molecule has 4 aromatic rings. The van der Waals surface area contributed by atoms with Gasteiger partial charge in [0, 0.05) is 51.8 Å². The fraction of sp³-hybridized carbons (Fsp3) is 0.412. The van der Waals surface area contributed by atoms with Crippen molar-refractivity contribution in [2.45, 2.75) is 57.2 Å². The molecule has 0 saturated carbocycles. The average Bonchev–Trinajstić information content (AvgIpc) is 3.70. The Balaban J connectivity index is 1.47. The molecule has 2 aliphatic rings. The fourth-order valence-electron chi connectivity index (χ4n) is 7.20. The van der Waals surface area contributed by atoms with Gasteiger partial charge in [0.2, 0.25) is 5.91 Å². The molecule has 1 fully saturated rings. The molecular formula is C34H40Cl2N8O. The number of hydrogen-bond acceptors (Lipinski definition) is 7. The van der Waals surface area contributed by atoms with Crippen LogP contribution >= 0.6 is 23.2 Å². The number of benzene rings is 3. The van der Waals surface area contributed by atoms with Gasteiger partial charge in [0.15, 0.2) is 5.82 Å². The highest BCUT2D eigenvalue weighted by atomic mass is 35.5. The molecule has 1 amide bonds.